The zero-order valence-corrected chi connectivity index (χ0v) is 20.8. The quantitative estimate of drug-likeness (QED) is 0.272. The number of pyridine rings is 1. The van der Waals surface area contributed by atoms with Crippen molar-refractivity contribution in [2.45, 2.75) is 25.7 Å². The summed E-state index contributed by atoms with van der Waals surface area (Å²) in [7, 11) is 0. The standard InChI is InChI=1S/C29H26N4O5/c1-18-14-27(31-26-5-3-2-4-25(18)26)28(35)30-22-8-6-19(7-9-22)20-10-12-32(13-11-20)29(36)21-15-23(33(37)38)17-24(34)16-21/h2-9,14-17,20,34H,10-13H2,1H3,(H,30,35). The van der Waals surface area contributed by atoms with Gasteiger partial charge in [-0.25, -0.2) is 4.98 Å². The Labute approximate surface area is 218 Å². The van der Waals surface area contributed by atoms with E-state index in [4.69, 9.17) is 0 Å². The van der Waals surface area contributed by atoms with Crippen LogP contribution >= 0.6 is 0 Å². The molecule has 1 fully saturated rings. The lowest BCUT2D eigenvalue weighted by Crippen LogP contribution is -2.37. The highest BCUT2D eigenvalue weighted by atomic mass is 16.6. The Morgan fingerprint density at radius 2 is 1.74 bits per heavy atom. The van der Waals surface area contributed by atoms with Crippen molar-refractivity contribution < 1.29 is 19.6 Å². The molecule has 0 bridgehead atoms. The molecule has 0 unspecified atom stereocenters. The molecule has 4 aromatic rings. The first-order valence-corrected chi connectivity index (χ1v) is 12.3. The molecule has 1 aliphatic heterocycles. The third-order valence-electron chi connectivity index (χ3n) is 6.94. The first kappa shape index (κ1) is 24.9. The molecule has 5 rings (SSSR count). The molecular weight excluding hydrogens is 484 g/mol. The minimum absolute atomic E-state index is 0.103. The van der Waals surface area contributed by atoms with Crippen molar-refractivity contribution >= 4 is 34.1 Å². The summed E-state index contributed by atoms with van der Waals surface area (Å²) in [6, 6.07) is 20.7. The van der Waals surface area contributed by atoms with Gasteiger partial charge < -0.3 is 15.3 Å². The Hall–Kier alpha value is -4.79. The van der Waals surface area contributed by atoms with Crippen LogP contribution < -0.4 is 5.32 Å². The van der Waals surface area contributed by atoms with E-state index in [1.807, 2.05) is 55.5 Å². The number of hydrogen-bond donors (Lipinski definition) is 2. The average molecular weight is 511 g/mol. The number of non-ortho nitro benzene ring substituents is 1. The number of phenols is 1. The number of fused-ring (bicyclic) bond motifs is 1. The number of piperidine rings is 1. The lowest BCUT2D eigenvalue weighted by molar-refractivity contribution is -0.385. The highest BCUT2D eigenvalue weighted by Gasteiger charge is 2.26. The topological polar surface area (TPSA) is 126 Å². The number of anilines is 1. The maximum atomic E-state index is 12.9. The van der Waals surface area contributed by atoms with Crippen molar-refractivity contribution in [3.05, 3.63) is 105 Å². The fourth-order valence-corrected chi connectivity index (χ4v) is 4.92. The van der Waals surface area contributed by atoms with Crippen molar-refractivity contribution in [1.82, 2.24) is 9.88 Å². The number of aromatic hydroxyl groups is 1. The maximum absolute atomic E-state index is 12.9. The fraction of sp³-hybridized carbons (Fsp3) is 0.207. The lowest BCUT2D eigenvalue weighted by Gasteiger charge is -2.32. The maximum Gasteiger partial charge on any atom is 0.274 e. The van der Waals surface area contributed by atoms with E-state index >= 15 is 0 Å². The van der Waals surface area contributed by atoms with E-state index < -0.39 is 4.92 Å². The second-order valence-electron chi connectivity index (χ2n) is 9.48. The molecule has 192 valence electrons. The van der Waals surface area contributed by atoms with Crippen LogP contribution in [0.4, 0.5) is 11.4 Å². The van der Waals surface area contributed by atoms with Crippen LogP contribution in [0.1, 0.15) is 50.7 Å². The number of aromatic nitrogens is 1. The first-order chi connectivity index (χ1) is 18.3. The van der Waals surface area contributed by atoms with Gasteiger partial charge in [0.05, 0.1) is 22.1 Å². The van der Waals surface area contributed by atoms with Crippen LogP contribution in [0.5, 0.6) is 5.75 Å². The molecule has 9 nitrogen and oxygen atoms in total. The van der Waals surface area contributed by atoms with Crippen LogP contribution in [0.15, 0.2) is 72.8 Å². The molecule has 1 saturated heterocycles. The monoisotopic (exact) mass is 510 g/mol. The van der Waals surface area contributed by atoms with Gasteiger partial charge in [-0.1, -0.05) is 30.3 Å². The van der Waals surface area contributed by atoms with Gasteiger partial charge in [-0.3, -0.25) is 19.7 Å². The van der Waals surface area contributed by atoms with Crippen LogP contribution in [-0.4, -0.2) is 44.8 Å². The Kier molecular flexibility index (Phi) is 6.74. The van der Waals surface area contributed by atoms with Gasteiger partial charge in [0.2, 0.25) is 0 Å². The normalized spacial score (nSPS) is 13.9. The molecule has 9 heteroatoms. The van der Waals surface area contributed by atoms with E-state index in [0.717, 1.165) is 40.9 Å². The summed E-state index contributed by atoms with van der Waals surface area (Å²) >= 11 is 0. The summed E-state index contributed by atoms with van der Waals surface area (Å²) in [6.45, 7) is 2.96. The van der Waals surface area contributed by atoms with E-state index in [2.05, 4.69) is 10.3 Å². The van der Waals surface area contributed by atoms with Crippen LogP contribution in [0.3, 0.4) is 0 Å². The number of rotatable bonds is 5. The molecule has 0 saturated carbocycles. The van der Waals surface area contributed by atoms with Gasteiger partial charge in [0.15, 0.2) is 0 Å². The second-order valence-corrected chi connectivity index (χ2v) is 9.48. The number of nitro groups is 1. The number of para-hydroxylation sites is 1. The number of nitrogens with one attached hydrogen (secondary N) is 1. The number of benzene rings is 3. The number of carbonyl (C=O) groups excluding carboxylic acids is 2. The molecular formula is C29H26N4O5. The fourth-order valence-electron chi connectivity index (χ4n) is 4.92. The molecule has 1 aromatic heterocycles. The van der Waals surface area contributed by atoms with Gasteiger partial charge in [0, 0.05) is 30.2 Å². The molecule has 1 aliphatic rings. The van der Waals surface area contributed by atoms with Gasteiger partial charge in [0.25, 0.3) is 17.5 Å². The highest BCUT2D eigenvalue weighted by molar-refractivity contribution is 6.04. The lowest BCUT2D eigenvalue weighted by atomic mass is 9.89. The first-order valence-electron chi connectivity index (χ1n) is 12.3. The number of carbonyl (C=O) groups is 2. The summed E-state index contributed by atoms with van der Waals surface area (Å²) in [5.74, 6) is -0.674. The van der Waals surface area contributed by atoms with E-state index in [1.54, 1.807) is 11.0 Å². The Bertz CT molecular complexity index is 1540. The Morgan fingerprint density at radius 1 is 1.03 bits per heavy atom. The largest absolute Gasteiger partial charge is 0.508 e. The zero-order chi connectivity index (χ0) is 26.8. The summed E-state index contributed by atoms with van der Waals surface area (Å²) < 4.78 is 0. The van der Waals surface area contributed by atoms with Crippen molar-refractivity contribution in [2.24, 2.45) is 0 Å². The van der Waals surface area contributed by atoms with Crippen LogP contribution in [0.2, 0.25) is 0 Å². The predicted molar refractivity (Wildman–Crippen MR) is 144 cm³/mol. The van der Waals surface area contributed by atoms with Gasteiger partial charge in [-0.2, -0.15) is 0 Å². The van der Waals surface area contributed by atoms with Crippen molar-refractivity contribution in [3.63, 3.8) is 0 Å². The van der Waals surface area contributed by atoms with Crippen molar-refractivity contribution in [3.8, 4) is 5.75 Å². The molecule has 2 heterocycles. The van der Waals surface area contributed by atoms with Crippen LogP contribution in [0, 0.1) is 17.0 Å². The number of aryl methyl sites for hydroxylation is 1. The van der Waals surface area contributed by atoms with E-state index in [-0.39, 0.29) is 34.7 Å². The predicted octanol–water partition coefficient (Wildman–Crippen LogP) is 5.43. The zero-order valence-electron chi connectivity index (χ0n) is 20.8. The number of nitro benzene ring substituents is 1. The number of hydrogen-bond acceptors (Lipinski definition) is 6. The molecule has 0 aliphatic carbocycles. The number of phenolic OH excluding ortho intramolecular Hbond substituents is 1. The van der Waals surface area contributed by atoms with Crippen molar-refractivity contribution in [2.75, 3.05) is 18.4 Å². The third kappa shape index (κ3) is 5.17. The summed E-state index contributed by atoms with van der Waals surface area (Å²) in [6.07, 6.45) is 1.47. The van der Waals surface area contributed by atoms with Gasteiger partial charge in [-0.05, 0) is 67.1 Å². The minimum atomic E-state index is -0.631. The minimum Gasteiger partial charge on any atom is -0.508 e. The van der Waals surface area contributed by atoms with Gasteiger partial charge in [-0.15, -0.1) is 0 Å². The molecule has 0 atom stereocenters. The molecule has 0 radical (unpaired) electrons. The Morgan fingerprint density at radius 3 is 2.45 bits per heavy atom. The van der Waals surface area contributed by atoms with Gasteiger partial charge >= 0.3 is 0 Å². The molecule has 38 heavy (non-hydrogen) atoms. The van der Waals surface area contributed by atoms with E-state index in [1.165, 1.54) is 12.1 Å². The average Bonchev–Trinajstić information content (AvgIpc) is 2.93. The molecule has 3 aromatic carbocycles. The van der Waals surface area contributed by atoms with Crippen molar-refractivity contribution in [1.29, 1.82) is 0 Å². The smallest absolute Gasteiger partial charge is 0.274 e. The summed E-state index contributed by atoms with van der Waals surface area (Å²) in [4.78, 5) is 42.3. The summed E-state index contributed by atoms with van der Waals surface area (Å²) in [5.41, 5.74) is 3.70. The molecule has 0 spiro atoms. The number of likely N-dealkylation sites (tertiary alicyclic amines) is 1. The number of amides is 2. The highest BCUT2D eigenvalue weighted by Crippen LogP contribution is 2.31. The molecule has 2 amide bonds. The second kappa shape index (κ2) is 10.3. The van der Waals surface area contributed by atoms with E-state index in [0.29, 0.717) is 24.5 Å². The summed E-state index contributed by atoms with van der Waals surface area (Å²) in [5, 5.41) is 24.8. The molecule has 2 N–H and O–H groups in total. The SMILES string of the molecule is Cc1cc(C(=O)Nc2ccc(C3CCN(C(=O)c4cc(O)cc([N+](=O)[O-])c4)CC3)cc2)nc2ccccc12. The van der Waals surface area contributed by atoms with E-state index in [9.17, 15) is 24.8 Å². The number of nitrogens with zero attached hydrogens (tertiary/aromatic N) is 3. The van der Waals surface area contributed by atoms with Crippen LogP contribution in [0.25, 0.3) is 10.9 Å². The Balaban J connectivity index is 1.20. The third-order valence-corrected chi connectivity index (χ3v) is 6.94. The van der Waals surface area contributed by atoms with Crippen LogP contribution in [-0.2, 0) is 0 Å². The van der Waals surface area contributed by atoms with Gasteiger partial charge in [0.1, 0.15) is 11.4 Å².